The molecule has 2 aliphatic heterocycles. The molecule has 0 amide bonds. The maximum absolute atomic E-state index is 6.09. The molecule has 3 rings (SSSR count). The van der Waals surface area contributed by atoms with Gasteiger partial charge in [0.25, 0.3) is 0 Å². The summed E-state index contributed by atoms with van der Waals surface area (Å²) in [7, 11) is 0. The number of aromatic nitrogens is 1. The van der Waals surface area contributed by atoms with Gasteiger partial charge in [-0.05, 0) is 32.6 Å². The third-order valence-corrected chi connectivity index (χ3v) is 5.04. The number of aryl methyl sites for hydroxylation is 1. The molecule has 2 unspecified atom stereocenters. The third kappa shape index (κ3) is 2.39. The molecule has 3 heterocycles. The maximum atomic E-state index is 6.09. The number of nitrogens with two attached hydrogens (primary N) is 1. The van der Waals surface area contributed by atoms with Gasteiger partial charge in [-0.3, -0.25) is 4.90 Å². The van der Waals surface area contributed by atoms with Crippen molar-refractivity contribution in [2.24, 2.45) is 5.73 Å². The van der Waals surface area contributed by atoms with Crippen LogP contribution in [0.2, 0.25) is 0 Å². The van der Waals surface area contributed by atoms with Crippen LogP contribution in [0, 0.1) is 6.92 Å². The van der Waals surface area contributed by atoms with E-state index in [1.54, 1.807) is 11.3 Å². The van der Waals surface area contributed by atoms with Crippen molar-refractivity contribution in [3.63, 3.8) is 0 Å². The van der Waals surface area contributed by atoms with Crippen molar-refractivity contribution in [2.45, 2.75) is 57.2 Å². The first-order chi connectivity index (χ1) is 8.22. The van der Waals surface area contributed by atoms with E-state index < -0.39 is 0 Å². The summed E-state index contributed by atoms with van der Waals surface area (Å²) in [6, 6.07) is 1.96. The molecule has 2 aliphatic rings. The molecule has 0 spiro atoms. The zero-order chi connectivity index (χ0) is 11.8. The lowest BCUT2D eigenvalue weighted by atomic mass is 9.98. The van der Waals surface area contributed by atoms with Gasteiger partial charge in [-0.15, -0.1) is 11.3 Å². The van der Waals surface area contributed by atoms with Crippen LogP contribution in [0.3, 0.4) is 0 Å². The molecule has 2 saturated heterocycles. The number of nitrogens with zero attached hydrogens (tertiary/aromatic N) is 2. The van der Waals surface area contributed by atoms with E-state index in [4.69, 9.17) is 5.73 Å². The molecule has 2 bridgehead atoms. The van der Waals surface area contributed by atoms with Gasteiger partial charge in [0.05, 0.1) is 10.7 Å². The zero-order valence-corrected chi connectivity index (χ0v) is 11.2. The highest BCUT2D eigenvalue weighted by molar-refractivity contribution is 7.09. The zero-order valence-electron chi connectivity index (χ0n) is 10.4. The average molecular weight is 251 g/mol. The molecular weight excluding hydrogens is 230 g/mol. The number of hydrogen-bond donors (Lipinski definition) is 1. The fourth-order valence-corrected chi connectivity index (χ4v) is 4.10. The molecular formula is C13H21N3S. The van der Waals surface area contributed by atoms with E-state index in [9.17, 15) is 0 Å². The van der Waals surface area contributed by atoms with E-state index in [0.29, 0.717) is 6.04 Å². The standard InChI is InChI=1S/C13H21N3S/c1-9-15-11(8-17-9)4-5-16-12-2-3-13(16)7-10(14)6-12/h8,10,12-13H,2-7,14H2,1H3. The first-order valence-electron chi connectivity index (χ1n) is 6.64. The Bertz CT molecular complexity index is 376. The molecule has 94 valence electrons. The van der Waals surface area contributed by atoms with Gasteiger partial charge >= 0.3 is 0 Å². The van der Waals surface area contributed by atoms with Crippen LogP contribution < -0.4 is 5.73 Å². The molecule has 17 heavy (non-hydrogen) atoms. The largest absolute Gasteiger partial charge is 0.328 e. The summed E-state index contributed by atoms with van der Waals surface area (Å²) in [6.45, 7) is 3.25. The SMILES string of the molecule is Cc1nc(CCN2C3CCC2CC(N)C3)cs1. The Kier molecular flexibility index (Phi) is 3.19. The van der Waals surface area contributed by atoms with Crippen molar-refractivity contribution in [1.29, 1.82) is 0 Å². The van der Waals surface area contributed by atoms with Crippen LogP contribution in [0.1, 0.15) is 36.4 Å². The number of rotatable bonds is 3. The van der Waals surface area contributed by atoms with Gasteiger partial charge in [0.1, 0.15) is 0 Å². The van der Waals surface area contributed by atoms with E-state index in [2.05, 4.69) is 22.2 Å². The Hall–Kier alpha value is -0.450. The average Bonchev–Trinajstić information content (AvgIpc) is 2.79. The molecule has 0 aromatic carbocycles. The molecule has 3 nitrogen and oxygen atoms in total. The Morgan fingerprint density at radius 3 is 2.71 bits per heavy atom. The number of fused-ring (bicyclic) bond motifs is 2. The van der Waals surface area contributed by atoms with Crippen LogP contribution in [0.15, 0.2) is 5.38 Å². The molecule has 1 aromatic heterocycles. The van der Waals surface area contributed by atoms with Crippen LogP contribution in [0.25, 0.3) is 0 Å². The Balaban J connectivity index is 1.59. The molecule has 1 aromatic rings. The molecule has 4 heteroatoms. The van der Waals surface area contributed by atoms with Gasteiger partial charge in [-0.25, -0.2) is 4.98 Å². The Morgan fingerprint density at radius 1 is 1.41 bits per heavy atom. The predicted molar refractivity (Wildman–Crippen MR) is 71.3 cm³/mol. The van der Waals surface area contributed by atoms with E-state index >= 15 is 0 Å². The molecule has 0 saturated carbocycles. The van der Waals surface area contributed by atoms with E-state index in [0.717, 1.165) is 18.5 Å². The first-order valence-corrected chi connectivity index (χ1v) is 7.52. The Labute approximate surface area is 107 Å². The van der Waals surface area contributed by atoms with Crippen molar-refractivity contribution in [2.75, 3.05) is 6.54 Å². The van der Waals surface area contributed by atoms with Gasteiger partial charge in [0.2, 0.25) is 0 Å². The lowest BCUT2D eigenvalue weighted by Gasteiger charge is -2.37. The molecule has 0 radical (unpaired) electrons. The van der Waals surface area contributed by atoms with Crippen LogP contribution in [-0.2, 0) is 6.42 Å². The highest BCUT2D eigenvalue weighted by atomic mass is 32.1. The highest BCUT2D eigenvalue weighted by Crippen LogP contribution is 2.34. The number of hydrogen-bond acceptors (Lipinski definition) is 4. The van der Waals surface area contributed by atoms with Crippen LogP contribution in [-0.4, -0.2) is 34.6 Å². The second-order valence-corrected chi connectivity index (χ2v) is 6.52. The molecule has 2 N–H and O–H groups in total. The predicted octanol–water partition coefficient (Wildman–Crippen LogP) is 1.95. The molecule has 0 aliphatic carbocycles. The monoisotopic (exact) mass is 251 g/mol. The summed E-state index contributed by atoms with van der Waals surface area (Å²) in [6.07, 6.45) is 6.22. The minimum absolute atomic E-state index is 0.449. The van der Waals surface area contributed by atoms with Crippen molar-refractivity contribution in [3.05, 3.63) is 16.1 Å². The normalized spacial score (nSPS) is 33.2. The fraction of sp³-hybridized carbons (Fsp3) is 0.769. The van der Waals surface area contributed by atoms with Crippen LogP contribution >= 0.6 is 11.3 Å². The van der Waals surface area contributed by atoms with Crippen LogP contribution in [0.4, 0.5) is 0 Å². The lowest BCUT2D eigenvalue weighted by Crippen LogP contribution is -2.48. The second kappa shape index (κ2) is 4.67. The summed E-state index contributed by atoms with van der Waals surface area (Å²) in [5, 5.41) is 3.39. The quantitative estimate of drug-likeness (QED) is 0.893. The van der Waals surface area contributed by atoms with Crippen molar-refractivity contribution >= 4 is 11.3 Å². The third-order valence-electron chi connectivity index (χ3n) is 4.21. The second-order valence-electron chi connectivity index (χ2n) is 5.46. The van der Waals surface area contributed by atoms with Gasteiger partial charge < -0.3 is 5.73 Å². The van der Waals surface area contributed by atoms with Gasteiger partial charge in [-0.1, -0.05) is 0 Å². The summed E-state index contributed by atoms with van der Waals surface area (Å²) in [5.41, 5.74) is 7.36. The van der Waals surface area contributed by atoms with Gasteiger partial charge in [0.15, 0.2) is 0 Å². The summed E-state index contributed by atoms with van der Waals surface area (Å²) < 4.78 is 0. The topological polar surface area (TPSA) is 42.2 Å². The van der Waals surface area contributed by atoms with E-state index in [-0.39, 0.29) is 0 Å². The summed E-state index contributed by atoms with van der Waals surface area (Å²) in [4.78, 5) is 7.24. The van der Waals surface area contributed by atoms with Gasteiger partial charge in [0, 0.05) is 36.5 Å². The lowest BCUT2D eigenvalue weighted by molar-refractivity contribution is 0.129. The number of piperidine rings is 1. The summed E-state index contributed by atoms with van der Waals surface area (Å²) >= 11 is 1.76. The van der Waals surface area contributed by atoms with Crippen molar-refractivity contribution in [1.82, 2.24) is 9.88 Å². The maximum Gasteiger partial charge on any atom is 0.0897 e. The Morgan fingerprint density at radius 2 is 2.12 bits per heavy atom. The molecule has 2 atom stereocenters. The number of thiazole rings is 1. The first kappa shape index (κ1) is 11.6. The fourth-order valence-electron chi connectivity index (χ4n) is 3.45. The molecule has 2 fully saturated rings. The van der Waals surface area contributed by atoms with E-state index in [1.165, 1.54) is 42.9 Å². The minimum Gasteiger partial charge on any atom is -0.328 e. The van der Waals surface area contributed by atoms with Crippen LogP contribution in [0.5, 0.6) is 0 Å². The smallest absolute Gasteiger partial charge is 0.0897 e. The summed E-state index contributed by atoms with van der Waals surface area (Å²) in [5.74, 6) is 0. The van der Waals surface area contributed by atoms with Crippen molar-refractivity contribution < 1.29 is 0 Å². The minimum atomic E-state index is 0.449. The highest BCUT2D eigenvalue weighted by Gasteiger charge is 2.38. The van der Waals surface area contributed by atoms with Gasteiger partial charge in [-0.2, -0.15) is 0 Å². The van der Waals surface area contributed by atoms with E-state index in [1.807, 2.05) is 0 Å². The van der Waals surface area contributed by atoms with Crippen molar-refractivity contribution in [3.8, 4) is 0 Å².